The van der Waals surface area contributed by atoms with Gasteiger partial charge in [-0.2, -0.15) is 0 Å². The molecule has 2 heterocycles. The van der Waals surface area contributed by atoms with Crippen molar-refractivity contribution in [3.63, 3.8) is 0 Å². The highest BCUT2D eigenvalue weighted by Crippen LogP contribution is 2.33. The van der Waals surface area contributed by atoms with Gasteiger partial charge >= 0.3 is 0 Å². The molecular weight excluding hydrogens is 298 g/mol. The third-order valence-corrected chi connectivity index (χ3v) is 4.36. The summed E-state index contributed by atoms with van der Waals surface area (Å²) >= 11 is 7.19. The number of rotatable bonds is 2. The monoisotopic (exact) mass is 309 g/mol. The Morgan fingerprint density at radius 3 is 2.95 bits per heavy atom. The van der Waals surface area contributed by atoms with E-state index in [2.05, 4.69) is 5.32 Å². The Morgan fingerprint density at radius 2 is 2.20 bits per heavy atom. The van der Waals surface area contributed by atoms with Crippen molar-refractivity contribution in [1.29, 1.82) is 0 Å². The summed E-state index contributed by atoms with van der Waals surface area (Å²) < 4.78 is 6.10. The van der Waals surface area contributed by atoms with E-state index in [1.165, 1.54) is 11.3 Å². The molecule has 1 aromatic carbocycles. The molecule has 20 heavy (non-hydrogen) atoms. The van der Waals surface area contributed by atoms with Crippen LogP contribution in [-0.4, -0.2) is 24.2 Å². The number of fused-ring (bicyclic) bond motifs is 1. The van der Waals surface area contributed by atoms with E-state index in [1.54, 1.807) is 30.3 Å². The lowest BCUT2D eigenvalue weighted by molar-refractivity contribution is 0.0957. The van der Waals surface area contributed by atoms with Gasteiger partial charge in [-0.25, -0.2) is 0 Å². The number of ether oxygens (including phenoxy) is 1. The average molecular weight is 310 g/mol. The van der Waals surface area contributed by atoms with Crippen molar-refractivity contribution < 1.29 is 14.6 Å². The highest BCUT2D eigenvalue weighted by Gasteiger charge is 2.20. The summed E-state index contributed by atoms with van der Waals surface area (Å²) in [5, 5.41) is 13.1. The molecule has 104 valence electrons. The summed E-state index contributed by atoms with van der Waals surface area (Å²) in [4.78, 5) is 12.7. The fourth-order valence-electron chi connectivity index (χ4n) is 2.08. The van der Waals surface area contributed by atoms with Crippen LogP contribution < -0.4 is 10.1 Å². The van der Waals surface area contributed by atoms with Crippen LogP contribution in [0, 0.1) is 0 Å². The van der Waals surface area contributed by atoms with E-state index in [-0.39, 0.29) is 5.91 Å². The van der Waals surface area contributed by atoms with E-state index in [4.69, 9.17) is 16.3 Å². The second-order valence-corrected chi connectivity index (χ2v) is 6.15. The van der Waals surface area contributed by atoms with Crippen molar-refractivity contribution in [1.82, 2.24) is 5.32 Å². The van der Waals surface area contributed by atoms with Gasteiger partial charge in [-0.05, 0) is 29.8 Å². The maximum Gasteiger partial charge on any atom is 0.255 e. The molecule has 0 radical (unpaired) electrons. The first kappa shape index (κ1) is 13.4. The van der Waals surface area contributed by atoms with Crippen LogP contribution in [0.2, 0.25) is 4.34 Å². The van der Waals surface area contributed by atoms with Gasteiger partial charge < -0.3 is 15.2 Å². The van der Waals surface area contributed by atoms with Crippen LogP contribution in [-0.2, 0) is 0 Å². The second-order valence-electron chi connectivity index (χ2n) is 4.40. The Labute approximate surface area is 125 Å². The number of halogens is 1. The average Bonchev–Trinajstić information content (AvgIpc) is 2.80. The van der Waals surface area contributed by atoms with Crippen molar-refractivity contribution in [3.05, 3.63) is 50.7 Å². The van der Waals surface area contributed by atoms with Crippen LogP contribution >= 0.6 is 22.9 Å². The minimum Gasteiger partial charge on any atom is -0.491 e. The molecule has 0 saturated heterocycles. The van der Waals surface area contributed by atoms with E-state index in [0.29, 0.717) is 34.4 Å². The predicted octanol–water partition coefficient (Wildman–Crippen LogP) is 2.61. The van der Waals surface area contributed by atoms with E-state index >= 15 is 0 Å². The molecule has 1 unspecified atom stereocenters. The zero-order valence-corrected chi connectivity index (χ0v) is 12.0. The molecule has 1 aromatic heterocycles. The molecule has 0 spiro atoms. The molecule has 4 nitrogen and oxygen atoms in total. The lowest BCUT2D eigenvalue weighted by atomic mass is 10.0. The molecular formula is C14H12ClNO3S. The van der Waals surface area contributed by atoms with Crippen LogP contribution in [0.3, 0.4) is 0 Å². The standard InChI is InChI=1S/C14H12ClNO3S/c15-12-4-3-11(20-12)13(17)8-1-2-10-9(7-8)14(18)16-5-6-19-10/h1-4,7,13,17H,5-6H2,(H,16,18). The van der Waals surface area contributed by atoms with E-state index in [1.807, 2.05) is 0 Å². The molecule has 0 aliphatic carbocycles. The molecule has 0 saturated carbocycles. The molecule has 1 amide bonds. The number of hydrogen-bond acceptors (Lipinski definition) is 4. The van der Waals surface area contributed by atoms with Gasteiger partial charge in [-0.1, -0.05) is 17.7 Å². The van der Waals surface area contributed by atoms with Gasteiger partial charge in [-0.3, -0.25) is 4.79 Å². The molecule has 1 atom stereocenters. The van der Waals surface area contributed by atoms with Gasteiger partial charge in [0, 0.05) is 4.88 Å². The van der Waals surface area contributed by atoms with Gasteiger partial charge in [0.05, 0.1) is 16.4 Å². The Hall–Kier alpha value is -1.56. The quantitative estimate of drug-likeness (QED) is 0.896. The number of nitrogens with one attached hydrogen (secondary N) is 1. The van der Waals surface area contributed by atoms with Crippen LogP contribution in [0.4, 0.5) is 0 Å². The van der Waals surface area contributed by atoms with E-state index in [0.717, 1.165) is 4.88 Å². The molecule has 2 N–H and O–H groups in total. The fourth-order valence-corrected chi connectivity index (χ4v) is 3.16. The van der Waals surface area contributed by atoms with Crippen LogP contribution in [0.5, 0.6) is 5.75 Å². The number of aliphatic hydroxyl groups excluding tert-OH is 1. The Kier molecular flexibility index (Phi) is 3.65. The molecule has 1 aliphatic heterocycles. The summed E-state index contributed by atoms with van der Waals surface area (Å²) in [7, 11) is 0. The van der Waals surface area contributed by atoms with Crippen molar-refractivity contribution in [2.24, 2.45) is 0 Å². The molecule has 3 rings (SSSR count). The van der Waals surface area contributed by atoms with Crippen molar-refractivity contribution in [3.8, 4) is 5.75 Å². The highest BCUT2D eigenvalue weighted by molar-refractivity contribution is 7.16. The fraction of sp³-hybridized carbons (Fsp3) is 0.214. The number of hydrogen-bond donors (Lipinski definition) is 2. The zero-order valence-electron chi connectivity index (χ0n) is 10.4. The topological polar surface area (TPSA) is 58.6 Å². The highest BCUT2D eigenvalue weighted by atomic mass is 35.5. The van der Waals surface area contributed by atoms with Crippen LogP contribution in [0.25, 0.3) is 0 Å². The maximum atomic E-state index is 11.9. The number of aliphatic hydroxyl groups is 1. The minimum atomic E-state index is -0.797. The maximum absolute atomic E-state index is 11.9. The Morgan fingerprint density at radius 1 is 1.35 bits per heavy atom. The van der Waals surface area contributed by atoms with Gasteiger partial charge in [-0.15, -0.1) is 11.3 Å². The summed E-state index contributed by atoms with van der Waals surface area (Å²) in [5.74, 6) is 0.357. The first-order valence-corrected chi connectivity index (χ1v) is 7.33. The number of amides is 1. The third-order valence-electron chi connectivity index (χ3n) is 3.07. The summed E-state index contributed by atoms with van der Waals surface area (Å²) in [6.45, 7) is 0.924. The van der Waals surface area contributed by atoms with Crippen LogP contribution in [0.1, 0.15) is 26.9 Å². The smallest absolute Gasteiger partial charge is 0.255 e. The number of thiophene rings is 1. The van der Waals surface area contributed by atoms with Gasteiger partial charge in [0.1, 0.15) is 18.5 Å². The minimum absolute atomic E-state index is 0.184. The van der Waals surface area contributed by atoms with Gasteiger partial charge in [0.15, 0.2) is 0 Å². The molecule has 2 aromatic rings. The first-order valence-electron chi connectivity index (χ1n) is 6.13. The lowest BCUT2D eigenvalue weighted by Crippen LogP contribution is -2.24. The second kappa shape index (κ2) is 5.44. The van der Waals surface area contributed by atoms with Gasteiger partial charge in [0.25, 0.3) is 5.91 Å². The number of carbonyl (C=O) groups excluding carboxylic acids is 1. The summed E-state index contributed by atoms with van der Waals surface area (Å²) in [6, 6.07) is 8.65. The van der Waals surface area contributed by atoms with Crippen molar-refractivity contribution in [2.45, 2.75) is 6.10 Å². The van der Waals surface area contributed by atoms with Crippen molar-refractivity contribution in [2.75, 3.05) is 13.2 Å². The number of carbonyl (C=O) groups is 1. The Bertz CT molecular complexity index is 656. The molecule has 6 heteroatoms. The largest absolute Gasteiger partial charge is 0.491 e. The number of benzene rings is 1. The van der Waals surface area contributed by atoms with Crippen LogP contribution in [0.15, 0.2) is 30.3 Å². The third kappa shape index (κ3) is 2.52. The molecule has 1 aliphatic rings. The SMILES string of the molecule is O=C1NCCOc2ccc(C(O)c3ccc(Cl)s3)cc21. The predicted molar refractivity (Wildman–Crippen MR) is 77.7 cm³/mol. The first-order chi connectivity index (χ1) is 9.65. The Balaban J connectivity index is 1.97. The normalized spacial score (nSPS) is 15.8. The van der Waals surface area contributed by atoms with E-state index in [9.17, 15) is 9.90 Å². The van der Waals surface area contributed by atoms with Gasteiger partial charge in [0.2, 0.25) is 0 Å². The summed E-state index contributed by atoms with van der Waals surface area (Å²) in [6.07, 6.45) is -0.797. The lowest BCUT2D eigenvalue weighted by Gasteiger charge is -2.12. The van der Waals surface area contributed by atoms with Crippen molar-refractivity contribution >= 4 is 28.8 Å². The van der Waals surface area contributed by atoms with E-state index < -0.39 is 6.10 Å². The molecule has 0 fully saturated rings. The molecule has 0 bridgehead atoms. The zero-order chi connectivity index (χ0) is 14.1. The summed E-state index contributed by atoms with van der Waals surface area (Å²) in [5.41, 5.74) is 1.09.